The number of carbonyl (C=O) groups is 1. The monoisotopic (exact) mass is 294 g/mol. The maximum Gasteiger partial charge on any atom is 0.236 e. The average molecular weight is 294 g/mol. The van der Waals surface area contributed by atoms with Crippen molar-refractivity contribution in [2.75, 3.05) is 26.2 Å². The second kappa shape index (κ2) is 7.23. The minimum Gasteiger partial charge on any atom is -0.341 e. The van der Waals surface area contributed by atoms with Gasteiger partial charge in [0.1, 0.15) is 0 Å². The smallest absolute Gasteiger partial charge is 0.236 e. The lowest BCUT2D eigenvalue weighted by molar-refractivity contribution is -0.129. The predicted octanol–water partition coefficient (Wildman–Crippen LogP) is 2.64. The molecule has 2 aromatic carbocycles. The van der Waals surface area contributed by atoms with Crippen LogP contribution in [0.1, 0.15) is 23.5 Å². The third-order valence-electron chi connectivity index (χ3n) is 4.22. The standard InChI is InChI=1S/C19H22N2O/c22-19-14-20-12-7-13-21(19)15-18(16-8-3-1-4-9-16)17-10-5-2-6-11-17/h1-6,8-11,18,20H,7,12-15H2. The van der Waals surface area contributed by atoms with E-state index in [0.717, 1.165) is 26.1 Å². The molecule has 0 unspecified atom stereocenters. The van der Waals surface area contributed by atoms with Gasteiger partial charge in [-0.25, -0.2) is 0 Å². The zero-order valence-corrected chi connectivity index (χ0v) is 12.7. The van der Waals surface area contributed by atoms with Crippen LogP contribution in [0, 0.1) is 0 Å². The first-order valence-electron chi connectivity index (χ1n) is 7.93. The van der Waals surface area contributed by atoms with Crippen LogP contribution in [0.2, 0.25) is 0 Å². The third-order valence-corrected chi connectivity index (χ3v) is 4.22. The molecule has 22 heavy (non-hydrogen) atoms. The van der Waals surface area contributed by atoms with Crippen LogP contribution in [-0.4, -0.2) is 37.0 Å². The summed E-state index contributed by atoms with van der Waals surface area (Å²) in [5.74, 6) is 0.429. The quantitative estimate of drug-likeness (QED) is 0.940. The van der Waals surface area contributed by atoms with Crippen LogP contribution in [0.15, 0.2) is 60.7 Å². The van der Waals surface area contributed by atoms with Crippen LogP contribution >= 0.6 is 0 Å². The zero-order chi connectivity index (χ0) is 15.2. The SMILES string of the molecule is O=C1CNCCCN1CC(c1ccccc1)c1ccccc1. The van der Waals surface area contributed by atoms with Crippen molar-refractivity contribution in [2.45, 2.75) is 12.3 Å². The van der Waals surface area contributed by atoms with E-state index in [9.17, 15) is 4.79 Å². The van der Waals surface area contributed by atoms with Gasteiger partial charge in [0.2, 0.25) is 5.91 Å². The number of benzene rings is 2. The van der Waals surface area contributed by atoms with Gasteiger partial charge < -0.3 is 10.2 Å². The van der Waals surface area contributed by atoms with E-state index in [1.165, 1.54) is 11.1 Å². The summed E-state index contributed by atoms with van der Waals surface area (Å²) in [5, 5.41) is 3.19. The number of rotatable bonds is 4. The van der Waals surface area contributed by atoms with Crippen LogP contribution in [0.4, 0.5) is 0 Å². The van der Waals surface area contributed by atoms with E-state index in [2.05, 4.69) is 53.8 Å². The minimum absolute atomic E-state index is 0.203. The Kier molecular flexibility index (Phi) is 4.86. The van der Waals surface area contributed by atoms with Crippen molar-refractivity contribution in [3.05, 3.63) is 71.8 Å². The molecule has 3 heteroatoms. The Balaban J connectivity index is 1.87. The van der Waals surface area contributed by atoms with E-state index >= 15 is 0 Å². The number of carbonyl (C=O) groups excluding carboxylic acids is 1. The molecule has 0 spiro atoms. The van der Waals surface area contributed by atoms with Gasteiger partial charge in [0.25, 0.3) is 0 Å². The number of amides is 1. The molecule has 1 saturated heterocycles. The van der Waals surface area contributed by atoms with Crippen molar-refractivity contribution >= 4 is 5.91 Å². The number of hydrogen-bond acceptors (Lipinski definition) is 2. The predicted molar refractivity (Wildman–Crippen MR) is 88.8 cm³/mol. The van der Waals surface area contributed by atoms with Gasteiger partial charge in [-0.05, 0) is 24.1 Å². The fourth-order valence-electron chi connectivity index (χ4n) is 3.01. The molecule has 1 N–H and O–H groups in total. The van der Waals surface area contributed by atoms with Crippen molar-refractivity contribution < 1.29 is 4.79 Å². The second-order valence-corrected chi connectivity index (χ2v) is 5.74. The lowest BCUT2D eigenvalue weighted by Gasteiger charge is -2.27. The van der Waals surface area contributed by atoms with Gasteiger partial charge in [0, 0.05) is 19.0 Å². The van der Waals surface area contributed by atoms with E-state index in [-0.39, 0.29) is 11.8 Å². The van der Waals surface area contributed by atoms with Gasteiger partial charge in [-0.3, -0.25) is 4.79 Å². The summed E-state index contributed by atoms with van der Waals surface area (Å²) in [6.45, 7) is 2.95. The summed E-state index contributed by atoms with van der Waals surface area (Å²) in [5.41, 5.74) is 2.53. The molecule has 3 nitrogen and oxygen atoms in total. The largest absolute Gasteiger partial charge is 0.341 e. The van der Waals surface area contributed by atoms with Gasteiger partial charge >= 0.3 is 0 Å². The molecule has 0 bridgehead atoms. The summed E-state index contributed by atoms with van der Waals surface area (Å²) in [4.78, 5) is 14.3. The van der Waals surface area contributed by atoms with Gasteiger partial charge in [-0.1, -0.05) is 60.7 Å². The van der Waals surface area contributed by atoms with Crippen LogP contribution in [-0.2, 0) is 4.79 Å². The Bertz CT molecular complexity index is 558. The molecular formula is C19H22N2O. The highest BCUT2D eigenvalue weighted by molar-refractivity contribution is 5.78. The Labute approximate surface area is 132 Å². The maximum atomic E-state index is 12.3. The summed E-state index contributed by atoms with van der Waals surface area (Å²) in [7, 11) is 0. The number of hydrogen-bond donors (Lipinski definition) is 1. The van der Waals surface area contributed by atoms with Crippen molar-refractivity contribution in [3.8, 4) is 0 Å². The molecular weight excluding hydrogens is 272 g/mol. The molecule has 1 amide bonds. The molecule has 0 saturated carbocycles. The van der Waals surface area contributed by atoms with Crippen molar-refractivity contribution in [1.82, 2.24) is 10.2 Å². The first-order chi connectivity index (χ1) is 10.8. The normalized spacial score (nSPS) is 15.9. The first-order valence-corrected chi connectivity index (χ1v) is 7.93. The maximum absolute atomic E-state index is 12.3. The topological polar surface area (TPSA) is 32.3 Å². The summed E-state index contributed by atoms with van der Waals surface area (Å²) in [6.07, 6.45) is 1.02. The Morgan fingerprint density at radius 2 is 1.55 bits per heavy atom. The average Bonchev–Trinajstić information content (AvgIpc) is 2.78. The highest BCUT2D eigenvalue weighted by Gasteiger charge is 2.22. The minimum atomic E-state index is 0.203. The summed E-state index contributed by atoms with van der Waals surface area (Å²) >= 11 is 0. The molecule has 0 atom stereocenters. The highest BCUT2D eigenvalue weighted by atomic mass is 16.2. The number of nitrogens with zero attached hydrogens (tertiary/aromatic N) is 1. The van der Waals surface area contributed by atoms with E-state index in [1.54, 1.807) is 0 Å². The Morgan fingerprint density at radius 1 is 0.955 bits per heavy atom. The van der Waals surface area contributed by atoms with Gasteiger partial charge in [0.05, 0.1) is 6.54 Å². The fourth-order valence-corrected chi connectivity index (χ4v) is 3.01. The molecule has 3 rings (SSSR count). The lowest BCUT2D eigenvalue weighted by Crippen LogP contribution is -2.37. The highest BCUT2D eigenvalue weighted by Crippen LogP contribution is 2.25. The second-order valence-electron chi connectivity index (χ2n) is 5.74. The van der Waals surface area contributed by atoms with E-state index in [0.29, 0.717) is 6.54 Å². The van der Waals surface area contributed by atoms with Gasteiger partial charge in [-0.15, -0.1) is 0 Å². The van der Waals surface area contributed by atoms with Crippen molar-refractivity contribution in [3.63, 3.8) is 0 Å². The molecule has 0 aromatic heterocycles. The fraction of sp³-hybridized carbons (Fsp3) is 0.316. The van der Waals surface area contributed by atoms with E-state index in [4.69, 9.17) is 0 Å². The Morgan fingerprint density at radius 3 is 2.14 bits per heavy atom. The van der Waals surface area contributed by atoms with Gasteiger partial charge in [-0.2, -0.15) is 0 Å². The van der Waals surface area contributed by atoms with Crippen molar-refractivity contribution in [2.24, 2.45) is 0 Å². The molecule has 0 radical (unpaired) electrons. The van der Waals surface area contributed by atoms with Crippen LogP contribution in [0.25, 0.3) is 0 Å². The van der Waals surface area contributed by atoms with Crippen molar-refractivity contribution in [1.29, 1.82) is 0 Å². The van der Waals surface area contributed by atoms with Gasteiger partial charge in [0.15, 0.2) is 0 Å². The molecule has 1 fully saturated rings. The molecule has 2 aromatic rings. The Hall–Kier alpha value is -2.13. The lowest BCUT2D eigenvalue weighted by atomic mass is 9.90. The number of nitrogens with one attached hydrogen (secondary N) is 1. The first kappa shape index (κ1) is 14.8. The molecule has 114 valence electrons. The van der Waals surface area contributed by atoms with Crippen LogP contribution in [0.5, 0.6) is 0 Å². The molecule has 1 heterocycles. The van der Waals surface area contributed by atoms with Crippen LogP contribution < -0.4 is 5.32 Å². The van der Waals surface area contributed by atoms with Crippen LogP contribution in [0.3, 0.4) is 0 Å². The third kappa shape index (κ3) is 3.55. The molecule has 1 aliphatic heterocycles. The van der Waals surface area contributed by atoms with E-state index in [1.807, 2.05) is 17.0 Å². The molecule has 1 aliphatic rings. The zero-order valence-electron chi connectivity index (χ0n) is 12.7. The summed E-state index contributed by atoms with van der Waals surface area (Å²) < 4.78 is 0. The summed E-state index contributed by atoms with van der Waals surface area (Å²) in [6, 6.07) is 20.9. The molecule has 0 aliphatic carbocycles. The van der Waals surface area contributed by atoms with E-state index < -0.39 is 0 Å².